The lowest BCUT2D eigenvalue weighted by Crippen LogP contribution is -2.19. The first-order chi connectivity index (χ1) is 10.9. The summed E-state index contributed by atoms with van der Waals surface area (Å²) in [4.78, 5) is 0. The van der Waals surface area contributed by atoms with E-state index in [1.807, 2.05) is 6.07 Å². The first-order valence-electron chi connectivity index (χ1n) is 6.30. The summed E-state index contributed by atoms with van der Waals surface area (Å²) in [5.74, 6) is 0.0694. The molecule has 1 heterocycles. The number of halogens is 3. The molecule has 0 saturated heterocycles. The number of nitriles is 1. The van der Waals surface area contributed by atoms with Crippen LogP contribution < -0.4 is 10.1 Å². The molecule has 0 fully saturated rings. The minimum absolute atomic E-state index is 0.00887. The van der Waals surface area contributed by atoms with Gasteiger partial charge in [0.05, 0.1) is 5.69 Å². The number of anilines is 1. The molecule has 0 spiro atoms. The van der Waals surface area contributed by atoms with Gasteiger partial charge in [-0.05, 0) is 29.8 Å². The van der Waals surface area contributed by atoms with Gasteiger partial charge in [0.1, 0.15) is 17.4 Å². The highest BCUT2D eigenvalue weighted by Crippen LogP contribution is 2.28. The maximum atomic E-state index is 12.3. The fourth-order valence-corrected chi connectivity index (χ4v) is 1.61. The Kier molecular flexibility index (Phi) is 4.80. The number of tetrazole rings is 1. The van der Waals surface area contributed by atoms with E-state index in [-0.39, 0.29) is 22.8 Å². The maximum Gasteiger partial charge on any atom is 0.422 e. The van der Waals surface area contributed by atoms with Crippen molar-refractivity contribution in [1.82, 2.24) is 20.6 Å². The van der Waals surface area contributed by atoms with Crippen molar-refractivity contribution in [2.24, 2.45) is 0 Å². The molecule has 0 amide bonds. The van der Waals surface area contributed by atoms with Crippen molar-refractivity contribution < 1.29 is 17.9 Å². The number of rotatable bonds is 5. The summed E-state index contributed by atoms with van der Waals surface area (Å²) in [6.45, 7) is 0.358. The number of aromatic amines is 1. The van der Waals surface area contributed by atoms with Crippen molar-refractivity contribution in [3.05, 3.63) is 35.8 Å². The van der Waals surface area contributed by atoms with E-state index in [1.165, 1.54) is 12.3 Å². The predicted octanol–water partition coefficient (Wildman–Crippen LogP) is 2.43. The van der Waals surface area contributed by atoms with Crippen LogP contribution in [0.3, 0.4) is 0 Å². The number of ether oxygens (including phenoxy) is 1. The van der Waals surface area contributed by atoms with Crippen LogP contribution in [0, 0.1) is 18.3 Å². The second-order valence-electron chi connectivity index (χ2n) is 4.45. The van der Waals surface area contributed by atoms with Gasteiger partial charge in [-0.2, -0.15) is 23.6 Å². The number of aromatic nitrogens is 4. The summed E-state index contributed by atoms with van der Waals surface area (Å²) >= 11 is 0. The summed E-state index contributed by atoms with van der Waals surface area (Å²) in [6, 6.07) is 6.48. The molecule has 1 aromatic heterocycles. The van der Waals surface area contributed by atoms with Crippen LogP contribution in [0.25, 0.3) is 5.57 Å². The van der Waals surface area contributed by atoms with Gasteiger partial charge >= 0.3 is 6.18 Å². The van der Waals surface area contributed by atoms with Gasteiger partial charge in [0.2, 0.25) is 5.82 Å². The van der Waals surface area contributed by atoms with Crippen LogP contribution in [-0.2, 0) is 0 Å². The van der Waals surface area contributed by atoms with Gasteiger partial charge in [-0.3, -0.25) is 0 Å². The molecule has 1 aromatic carbocycles. The van der Waals surface area contributed by atoms with Crippen molar-refractivity contribution in [3.63, 3.8) is 0 Å². The van der Waals surface area contributed by atoms with E-state index in [2.05, 4.69) is 25.9 Å². The van der Waals surface area contributed by atoms with E-state index in [1.54, 1.807) is 19.1 Å². The fraction of sp³-hybridized carbons (Fsp3) is 0.231. The van der Waals surface area contributed by atoms with Crippen LogP contribution in [0.4, 0.5) is 18.9 Å². The first-order valence-corrected chi connectivity index (χ1v) is 6.30. The van der Waals surface area contributed by atoms with E-state index in [0.29, 0.717) is 0 Å². The second-order valence-corrected chi connectivity index (χ2v) is 4.45. The van der Waals surface area contributed by atoms with Gasteiger partial charge in [-0.25, -0.2) is 0 Å². The number of nitrogens with one attached hydrogen (secondary N) is 2. The van der Waals surface area contributed by atoms with Gasteiger partial charge in [0.15, 0.2) is 6.61 Å². The lowest BCUT2D eigenvalue weighted by atomic mass is 10.2. The minimum atomic E-state index is -4.44. The van der Waals surface area contributed by atoms with Gasteiger partial charge in [-0.1, -0.05) is 6.07 Å². The van der Waals surface area contributed by atoms with Crippen molar-refractivity contribution in [3.8, 4) is 11.8 Å². The topological polar surface area (TPSA) is 99.5 Å². The van der Waals surface area contributed by atoms with Crippen LogP contribution in [0.5, 0.6) is 5.75 Å². The van der Waals surface area contributed by atoms with E-state index in [4.69, 9.17) is 10.00 Å². The average Bonchev–Trinajstić information content (AvgIpc) is 3.00. The van der Waals surface area contributed by atoms with Crippen LogP contribution >= 0.6 is 0 Å². The Balaban J connectivity index is 2.21. The molecule has 0 atom stereocenters. The molecule has 7 nitrogen and oxygen atoms in total. The Morgan fingerprint density at radius 1 is 1.48 bits per heavy atom. The number of allylic oxidation sites excluding steroid dienone is 1. The molecule has 2 N–H and O–H groups in total. The normalized spacial score (nSPS) is 11.9. The lowest BCUT2D eigenvalue weighted by molar-refractivity contribution is -0.153. The number of hydrogen-bond acceptors (Lipinski definition) is 6. The zero-order valence-corrected chi connectivity index (χ0v) is 11.8. The van der Waals surface area contributed by atoms with Crippen molar-refractivity contribution in [1.29, 1.82) is 5.26 Å². The van der Waals surface area contributed by atoms with Crippen LogP contribution in [0.1, 0.15) is 11.4 Å². The smallest absolute Gasteiger partial charge is 0.422 e. The van der Waals surface area contributed by atoms with Crippen LogP contribution in [0.15, 0.2) is 24.4 Å². The highest BCUT2D eigenvalue weighted by atomic mass is 19.4. The van der Waals surface area contributed by atoms with E-state index in [0.717, 1.165) is 5.56 Å². The molecule has 10 heteroatoms. The number of H-pyrrole nitrogens is 1. The molecular formula is C13H11F3N6O. The summed E-state index contributed by atoms with van der Waals surface area (Å²) in [6.07, 6.45) is -3.18. The molecule has 0 saturated carbocycles. The van der Waals surface area contributed by atoms with Crippen LogP contribution in [0.2, 0.25) is 0 Å². The second kappa shape index (κ2) is 6.78. The van der Waals surface area contributed by atoms with Crippen molar-refractivity contribution in [2.45, 2.75) is 13.1 Å². The SMILES string of the molecule is Cc1ccc(OCC(F)(F)F)c(NC=C(C#N)c2nn[nH]n2)c1. The van der Waals surface area contributed by atoms with Gasteiger partial charge in [-0.15, -0.1) is 10.2 Å². The molecule has 0 aliphatic carbocycles. The minimum Gasteiger partial charge on any atom is -0.482 e. The predicted molar refractivity (Wildman–Crippen MR) is 74.1 cm³/mol. The van der Waals surface area contributed by atoms with Gasteiger partial charge in [0.25, 0.3) is 0 Å². The monoisotopic (exact) mass is 324 g/mol. The summed E-state index contributed by atoms with van der Waals surface area (Å²) in [5.41, 5.74) is 1.14. The van der Waals surface area contributed by atoms with Gasteiger partial charge in [0, 0.05) is 6.20 Å². The van der Waals surface area contributed by atoms with Crippen LogP contribution in [-0.4, -0.2) is 33.4 Å². The van der Waals surface area contributed by atoms with E-state index in [9.17, 15) is 13.2 Å². The maximum absolute atomic E-state index is 12.3. The molecule has 0 radical (unpaired) electrons. The zero-order chi connectivity index (χ0) is 16.9. The first kappa shape index (κ1) is 16.3. The quantitative estimate of drug-likeness (QED) is 0.819. The lowest BCUT2D eigenvalue weighted by Gasteiger charge is -2.13. The van der Waals surface area contributed by atoms with Crippen molar-refractivity contribution >= 4 is 11.3 Å². The molecule has 23 heavy (non-hydrogen) atoms. The molecule has 120 valence electrons. The number of hydrogen-bond donors (Lipinski definition) is 2. The zero-order valence-electron chi connectivity index (χ0n) is 11.8. The van der Waals surface area contributed by atoms with E-state index >= 15 is 0 Å². The molecule has 0 bridgehead atoms. The number of nitrogens with zero attached hydrogens (tertiary/aromatic N) is 4. The molecular weight excluding hydrogens is 313 g/mol. The third-order valence-electron chi connectivity index (χ3n) is 2.61. The third-order valence-corrected chi connectivity index (χ3v) is 2.61. The Labute approximate surface area is 128 Å². The summed E-state index contributed by atoms with van der Waals surface area (Å²) < 4.78 is 41.6. The van der Waals surface area contributed by atoms with E-state index < -0.39 is 12.8 Å². The molecule has 2 aromatic rings. The number of alkyl halides is 3. The summed E-state index contributed by atoms with van der Waals surface area (Å²) in [7, 11) is 0. The number of aryl methyl sites for hydroxylation is 1. The highest BCUT2D eigenvalue weighted by molar-refractivity contribution is 5.75. The molecule has 2 rings (SSSR count). The summed E-state index contributed by atoms with van der Waals surface area (Å²) in [5, 5.41) is 24.6. The largest absolute Gasteiger partial charge is 0.482 e. The Morgan fingerprint density at radius 3 is 2.87 bits per heavy atom. The third kappa shape index (κ3) is 4.70. The average molecular weight is 324 g/mol. The van der Waals surface area contributed by atoms with Crippen molar-refractivity contribution in [2.75, 3.05) is 11.9 Å². The molecule has 0 aliphatic rings. The molecule has 0 aliphatic heterocycles. The number of benzene rings is 1. The fourth-order valence-electron chi connectivity index (χ4n) is 1.61. The Hall–Kier alpha value is -3.09. The standard InChI is InChI=1S/C13H11F3N6O/c1-8-2-3-11(23-7-13(14,15)16)10(4-8)18-6-9(5-17)12-19-21-22-20-12/h2-4,6,18H,7H2,1H3,(H,19,20,21,22). The molecule has 0 unspecified atom stereocenters. The van der Waals surface area contributed by atoms with Gasteiger partial charge < -0.3 is 10.1 Å². The highest BCUT2D eigenvalue weighted by Gasteiger charge is 2.28. The Morgan fingerprint density at radius 2 is 2.26 bits per heavy atom. The Bertz CT molecular complexity index is 733.